The number of aromatic nitrogens is 2. The topological polar surface area (TPSA) is 94.3 Å². The zero-order chi connectivity index (χ0) is 16.2. The Hall–Kier alpha value is -3.22. The molecule has 0 aliphatic carbocycles. The number of carbonyl (C=O) groups is 2. The van der Waals surface area contributed by atoms with Gasteiger partial charge in [-0.05, 0) is 37.3 Å². The number of benzene rings is 1. The van der Waals surface area contributed by atoms with Crippen LogP contribution in [0.4, 0.5) is 5.69 Å². The van der Waals surface area contributed by atoms with Crippen molar-refractivity contribution < 1.29 is 18.7 Å². The standard InChI is InChI=1S/C16H13N3O4/c1-10(15(20)19-12-3-2-6-17-8-12)23-16(21)11-4-5-14-13(7-11)18-9-22-14/h2-10H,1H3,(H,19,20). The van der Waals surface area contributed by atoms with Crippen LogP contribution in [0.5, 0.6) is 0 Å². The number of esters is 1. The zero-order valence-corrected chi connectivity index (χ0v) is 12.2. The number of oxazole rings is 1. The molecule has 116 valence electrons. The molecule has 7 heteroatoms. The van der Waals surface area contributed by atoms with Gasteiger partial charge in [0.05, 0.1) is 17.4 Å². The fraction of sp³-hybridized carbons (Fsp3) is 0.125. The smallest absolute Gasteiger partial charge is 0.338 e. The maximum atomic E-state index is 12.1. The molecule has 0 fully saturated rings. The zero-order valence-electron chi connectivity index (χ0n) is 12.2. The second kappa shape index (κ2) is 6.27. The van der Waals surface area contributed by atoms with Crippen molar-refractivity contribution >= 4 is 28.7 Å². The van der Waals surface area contributed by atoms with Crippen molar-refractivity contribution in [1.29, 1.82) is 0 Å². The summed E-state index contributed by atoms with van der Waals surface area (Å²) in [6.45, 7) is 1.50. The van der Waals surface area contributed by atoms with Crippen LogP contribution in [-0.2, 0) is 9.53 Å². The Kier molecular flexibility index (Phi) is 4.01. The second-order valence-electron chi connectivity index (χ2n) is 4.81. The fourth-order valence-electron chi connectivity index (χ4n) is 1.95. The van der Waals surface area contributed by atoms with Gasteiger partial charge in [-0.3, -0.25) is 9.78 Å². The Bertz CT molecular complexity index is 845. The molecule has 0 aliphatic heterocycles. The van der Waals surface area contributed by atoms with Crippen molar-refractivity contribution in [2.45, 2.75) is 13.0 Å². The Morgan fingerprint density at radius 1 is 1.30 bits per heavy atom. The molecule has 1 unspecified atom stereocenters. The number of rotatable bonds is 4. The van der Waals surface area contributed by atoms with Crippen LogP contribution in [0.2, 0.25) is 0 Å². The van der Waals surface area contributed by atoms with E-state index in [1.165, 1.54) is 19.5 Å². The maximum Gasteiger partial charge on any atom is 0.338 e. The minimum atomic E-state index is -0.948. The summed E-state index contributed by atoms with van der Waals surface area (Å²) in [6, 6.07) is 8.12. The summed E-state index contributed by atoms with van der Waals surface area (Å²) in [5.74, 6) is -1.04. The van der Waals surface area contributed by atoms with Crippen LogP contribution in [0.15, 0.2) is 53.5 Å². The first-order chi connectivity index (χ1) is 11.1. The van der Waals surface area contributed by atoms with E-state index in [0.717, 1.165) is 0 Å². The molecule has 23 heavy (non-hydrogen) atoms. The van der Waals surface area contributed by atoms with Crippen molar-refractivity contribution in [3.8, 4) is 0 Å². The molecule has 1 atom stereocenters. The van der Waals surface area contributed by atoms with Gasteiger partial charge in [-0.2, -0.15) is 0 Å². The summed E-state index contributed by atoms with van der Waals surface area (Å²) in [6.07, 6.45) is 3.45. The first kappa shape index (κ1) is 14.7. The van der Waals surface area contributed by atoms with E-state index in [4.69, 9.17) is 9.15 Å². The van der Waals surface area contributed by atoms with Crippen LogP contribution < -0.4 is 5.32 Å². The molecule has 1 N–H and O–H groups in total. The number of nitrogens with one attached hydrogen (secondary N) is 1. The minimum absolute atomic E-state index is 0.299. The van der Waals surface area contributed by atoms with Gasteiger partial charge in [0.1, 0.15) is 5.52 Å². The Morgan fingerprint density at radius 3 is 2.96 bits per heavy atom. The van der Waals surface area contributed by atoms with Crippen LogP contribution in [0.1, 0.15) is 17.3 Å². The Morgan fingerprint density at radius 2 is 2.17 bits per heavy atom. The van der Waals surface area contributed by atoms with Crippen LogP contribution >= 0.6 is 0 Å². The molecular formula is C16H13N3O4. The van der Waals surface area contributed by atoms with Gasteiger partial charge < -0.3 is 14.5 Å². The normalized spacial score (nSPS) is 11.9. The lowest BCUT2D eigenvalue weighted by Gasteiger charge is -2.13. The highest BCUT2D eigenvalue weighted by Gasteiger charge is 2.19. The van der Waals surface area contributed by atoms with Crippen LogP contribution in [0.25, 0.3) is 11.1 Å². The second-order valence-corrected chi connectivity index (χ2v) is 4.81. The number of hydrogen-bond acceptors (Lipinski definition) is 6. The van der Waals surface area contributed by atoms with Crippen molar-refractivity contribution in [2.75, 3.05) is 5.32 Å². The molecule has 7 nitrogen and oxygen atoms in total. The number of nitrogens with zero attached hydrogens (tertiary/aromatic N) is 2. The summed E-state index contributed by atoms with van der Waals surface area (Å²) in [4.78, 5) is 32.0. The van der Waals surface area contributed by atoms with E-state index < -0.39 is 18.0 Å². The predicted octanol–water partition coefficient (Wildman–Crippen LogP) is 2.41. The summed E-state index contributed by atoms with van der Waals surface area (Å²) in [5, 5.41) is 2.62. The number of hydrogen-bond donors (Lipinski definition) is 1. The number of amides is 1. The number of ether oxygens (including phenoxy) is 1. The van der Waals surface area contributed by atoms with E-state index in [1.54, 1.807) is 36.5 Å². The van der Waals surface area contributed by atoms with E-state index in [-0.39, 0.29) is 0 Å². The first-order valence-corrected chi connectivity index (χ1v) is 6.88. The largest absolute Gasteiger partial charge is 0.449 e. The number of fused-ring (bicyclic) bond motifs is 1. The van der Waals surface area contributed by atoms with Crippen LogP contribution in [0.3, 0.4) is 0 Å². The van der Waals surface area contributed by atoms with Gasteiger partial charge in [0.2, 0.25) is 0 Å². The average Bonchev–Trinajstić information content (AvgIpc) is 3.03. The van der Waals surface area contributed by atoms with Crippen molar-refractivity contribution in [1.82, 2.24) is 9.97 Å². The lowest BCUT2D eigenvalue weighted by Crippen LogP contribution is -2.30. The monoisotopic (exact) mass is 311 g/mol. The molecule has 2 aromatic heterocycles. The third kappa shape index (κ3) is 3.34. The van der Waals surface area contributed by atoms with E-state index in [9.17, 15) is 9.59 Å². The summed E-state index contributed by atoms with van der Waals surface area (Å²) in [7, 11) is 0. The van der Waals surface area contributed by atoms with E-state index in [2.05, 4.69) is 15.3 Å². The Labute approximate surface area is 131 Å². The molecule has 3 aromatic rings. The molecule has 3 rings (SSSR count). The molecular weight excluding hydrogens is 298 g/mol. The quantitative estimate of drug-likeness (QED) is 0.744. The summed E-state index contributed by atoms with van der Waals surface area (Å²) in [5.41, 5.74) is 1.95. The third-order valence-corrected chi connectivity index (χ3v) is 3.15. The molecule has 0 bridgehead atoms. The first-order valence-electron chi connectivity index (χ1n) is 6.88. The van der Waals surface area contributed by atoms with E-state index >= 15 is 0 Å². The molecule has 0 saturated heterocycles. The van der Waals surface area contributed by atoms with Gasteiger partial charge in [-0.25, -0.2) is 9.78 Å². The lowest BCUT2D eigenvalue weighted by molar-refractivity contribution is -0.123. The molecule has 0 aliphatic rings. The molecule has 0 radical (unpaired) electrons. The van der Waals surface area contributed by atoms with Gasteiger partial charge in [0.25, 0.3) is 5.91 Å². The molecule has 2 heterocycles. The van der Waals surface area contributed by atoms with Gasteiger partial charge in [0.15, 0.2) is 18.1 Å². The van der Waals surface area contributed by atoms with Gasteiger partial charge >= 0.3 is 5.97 Å². The maximum absolute atomic E-state index is 12.1. The lowest BCUT2D eigenvalue weighted by atomic mass is 10.2. The summed E-state index contributed by atoms with van der Waals surface area (Å²) >= 11 is 0. The van der Waals surface area contributed by atoms with E-state index in [1.807, 2.05) is 0 Å². The van der Waals surface area contributed by atoms with E-state index in [0.29, 0.717) is 22.4 Å². The van der Waals surface area contributed by atoms with Crippen molar-refractivity contribution in [2.24, 2.45) is 0 Å². The molecule has 1 amide bonds. The highest BCUT2D eigenvalue weighted by Crippen LogP contribution is 2.15. The highest BCUT2D eigenvalue weighted by atomic mass is 16.5. The van der Waals surface area contributed by atoms with Crippen molar-refractivity contribution in [3.05, 3.63) is 54.7 Å². The van der Waals surface area contributed by atoms with Gasteiger partial charge in [-0.1, -0.05) is 0 Å². The molecule has 0 saturated carbocycles. The summed E-state index contributed by atoms with van der Waals surface area (Å²) < 4.78 is 10.3. The molecule has 1 aromatic carbocycles. The number of pyridine rings is 1. The predicted molar refractivity (Wildman–Crippen MR) is 81.8 cm³/mol. The van der Waals surface area contributed by atoms with Crippen LogP contribution in [0, 0.1) is 0 Å². The number of carbonyl (C=O) groups excluding carboxylic acids is 2. The highest BCUT2D eigenvalue weighted by molar-refractivity contribution is 5.98. The van der Waals surface area contributed by atoms with Gasteiger partial charge in [-0.15, -0.1) is 0 Å². The van der Waals surface area contributed by atoms with Gasteiger partial charge in [0, 0.05) is 6.20 Å². The van der Waals surface area contributed by atoms with Crippen LogP contribution in [-0.4, -0.2) is 27.9 Å². The fourth-order valence-corrected chi connectivity index (χ4v) is 1.95. The van der Waals surface area contributed by atoms with Crippen molar-refractivity contribution in [3.63, 3.8) is 0 Å². The molecule has 0 spiro atoms. The SMILES string of the molecule is CC(OC(=O)c1ccc2ocnc2c1)C(=O)Nc1cccnc1. The Balaban J connectivity index is 1.65. The minimum Gasteiger partial charge on any atom is -0.449 e. The third-order valence-electron chi connectivity index (χ3n) is 3.15. The number of anilines is 1. The average molecular weight is 311 g/mol.